The van der Waals surface area contributed by atoms with Gasteiger partial charge < -0.3 is 18.1 Å². The lowest BCUT2D eigenvalue weighted by atomic mass is 10.2. The van der Waals surface area contributed by atoms with E-state index >= 15 is 0 Å². The third-order valence-corrected chi connectivity index (χ3v) is 1.04. The minimum Gasteiger partial charge on any atom is -1.00 e. The lowest BCUT2D eigenvalue weighted by Gasteiger charge is -1.85. The van der Waals surface area contributed by atoms with Gasteiger partial charge in [0.15, 0.2) is 0 Å². The van der Waals surface area contributed by atoms with Gasteiger partial charge in [0, 0.05) is 0 Å². The first-order valence-corrected chi connectivity index (χ1v) is 3.31. The minimum atomic E-state index is 0. The Labute approximate surface area is 74.3 Å². The quantitative estimate of drug-likeness (QED) is 0.516. The largest absolute Gasteiger partial charge is 1.00 e. The SMILES string of the molecule is C=Cc1ccccc1.C[NH3+].[Cl-]. The second-order valence-corrected chi connectivity index (χ2v) is 1.61. The molecule has 1 nitrogen and oxygen atoms in total. The number of quaternary nitrogens is 1. The van der Waals surface area contributed by atoms with E-state index < -0.39 is 0 Å². The fourth-order valence-electron chi connectivity index (χ4n) is 0.589. The summed E-state index contributed by atoms with van der Waals surface area (Å²) in [5, 5.41) is 0. The second kappa shape index (κ2) is 9.21. The summed E-state index contributed by atoms with van der Waals surface area (Å²) < 4.78 is 0. The van der Waals surface area contributed by atoms with E-state index in [0.29, 0.717) is 0 Å². The molecular formula is C9H14ClN. The lowest BCUT2D eigenvalue weighted by Crippen LogP contribution is -3.00. The molecule has 0 saturated heterocycles. The van der Waals surface area contributed by atoms with Crippen molar-refractivity contribution in [2.24, 2.45) is 0 Å². The number of benzene rings is 1. The fourth-order valence-corrected chi connectivity index (χ4v) is 0.589. The molecule has 1 rings (SSSR count). The van der Waals surface area contributed by atoms with Gasteiger partial charge in [-0.3, -0.25) is 0 Å². The van der Waals surface area contributed by atoms with Crippen LogP contribution in [0.5, 0.6) is 0 Å². The van der Waals surface area contributed by atoms with Crippen LogP contribution in [-0.2, 0) is 0 Å². The van der Waals surface area contributed by atoms with E-state index in [0.717, 1.165) is 0 Å². The molecule has 3 N–H and O–H groups in total. The first kappa shape index (κ1) is 12.8. The molecule has 0 aliphatic rings. The van der Waals surface area contributed by atoms with E-state index in [-0.39, 0.29) is 12.4 Å². The Morgan fingerprint density at radius 1 is 1.18 bits per heavy atom. The van der Waals surface area contributed by atoms with Gasteiger partial charge in [0.2, 0.25) is 0 Å². The van der Waals surface area contributed by atoms with Gasteiger partial charge in [-0.15, -0.1) is 0 Å². The Bertz CT molecular complexity index is 172. The van der Waals surface area contributed by atoms with Crippen molar-refractivity contribution >= 4 is 6.08 Å². The highest BCUT2D eigenvalue weighted by molar-refractivity contribution is 5.45. The highest BCUT2D eigenvalue weighted by Crippen LogP contribution is 1.97. The maximum atomic E-state index is 3.63. The Balaban J connectivity index is 0. The number of halogens is 1. The summed E-state index contributed by atoms with van der Waals surface area (Å²) in [5.74, 6) is 0. The molecule has 0 spiro atoms. The monoisotopic (exact) mass is 171 g/mol. The Morgan fingerprint density at radius 2 is 1.64 bits per heavy atom. The molecule has 0 radical (unpaired) electrons. The summed E-state index contributed by atoms with van der Waals surface area (Å²) in [5.41, 5.74) is 4.42. The van der Waals surface area contributed by atoms with Crippen LogP contribution in [0.4, 0.5) is 0 Å². The summed E-state index contributed by atoms with van der Waals surface area (Å²) >= 11 is 0. The lowest BCUT2D eigenvalue weighted by molar-refractivity contribution is -0.325. The van der Waals surface area contributed by atoms with Gasteiger partial charge in [0.1, 0.15) is 0 Å². The molecule has 0 fully saturated rings. The van der Waals surface area contributed by atoms with Crippen molar-refractivity contribution in [3.63, 3.8) is 0 Å². The van der Waals surface area contributed by atoms with Crippen LogP contribution in [0.15, 0.2) is 36.9 Å². The summed E-state index contributed by atoms with van der Waals surface area (Å²) in [6.45, 7) is 3.63. The zero-order valence-electron chi connectivity index (χ0n) is 6.76. The van der Waals surface area contributed by atoms with Gasteiger partial charge in [-0.05, 0) is 5.56 Å². The Morgan fingerprint density at radius 3 is 1.91 bits per heavy atom. The van der Waals surface area contributed by atoms with Crippen LogP contribution < -0.4 is 18.1 Å². The van der Waals surface area contributed by atoms with Crippen LogP contribution in [0.1, 0.15) is 5.56 Å². The van der Waals surface area contributed by atoms with E-state index in [1.165, 1.54) is 5.56 Å². The fraction of sp³-hybridized carbons (Fsp3) is 0.111. The molecule has 1 aromatic carbocycles. The maximum Gasteiger partial charge on any atom is 0.0634 e. The maximum absolute atomic E-state index is 3.63. The first-order chi connectivity index (χ1) is 4.93. The van der Waals surface area contributed by atoms with E-state index in [1.54, 1.807) is 7.05 Å². The summed E-state index contributed by atoms with van der Waals surface area (Å²) in [4.78, 5) is 0. The highest BCUT2D eigenvalue weighted by Gasteiger charge is 1.75. The van der Waals surface area contributed by atoms with E-state index in [2.05, 4.69) is 12.3 Å². The topological polar surface area (TPSA) is 27.6 Å². The zero-order chi connectivity index (χ0) is 7.82. The van der Waals surface area contributed by atoms with Crippen molar-refractivity contribution in [1.29, 1.82) is 0 Å². The smallest absolute Gasteiger partial charge is 0.0634 e. The number of hydrogen-bond acceptors (Lipinski definition) is 0. The van der Waals surface area contributed by atoms with Crippen molar-refractivity contribution in [3.05, 3.63) is 42.5 Å². The molecule has 1 aromatic rings. The van der Waals surface area contributed by atoms with Crippen molar-refractivity contribution in [2.45, 2.75) is 0 Å². The summed E-state index contributed by atoms with van der Waals surface area (Å²) in [6, 6.07) is 10.0. The molecule has 0 bridgehead atoms. The molecule has 0 saturated carbocycles. The van der Waals surface area contributed by atoms with Gasteiger partial charge >= 0.3 is 0 Å². The minimum absolute atomic E-state index is 0. The first-order valence-electron chi connectivity index (χ1n) is 3.31. The van der Waals surface area contributed by atoms with Crippen molar-refractivity contribution < 1.29 is 18.1 Å². The molecular weight excluding hydrogens is 158 g/mol. The van der Waals surface area contributed by atoms with Crippen LogP contribution >= 0.6 is 0 Å². The van der Waals surface area contributed by atoms with Gasteiger partial charge in [0.05, 0.1) is 7.05 Å². The summed E-state index contributed by atoms with van der Waals surface area (Å²) in [6.07, 6.45) is 1.83. The Kier molecular flexibility index (Phi) is 10.8. The average Bonchev–Trinajstić information content (AvgIpc) is 2.10. The Hall–Kier alpha value is -0.790. The van der Waals surface area contributed by atoms with Crippen molar-refractivity contribution in [1.82, 2.24) is 0 Å². The van der Waals surface area contributed by atoms with Gasteiger partial charge in [-0.2, -0.15) is 0 Å². The van der Waals surface area contributed by atoms with Crippen LogP contribution in [0.2, 0.25) is 0 Å². The average molecular weight is 172 g/mol. The molecule has 0 amide bonds. The normalized spacial score (nSPS) is 6.73. The predicted octanol–water partition coefficient (Wildman–Crippen LogP) is -1.81. The standard InChI is InChI=1S/C8H8.CH5N.ClH/c1-2-8-6-4-3-5-7-8;1-2;/h2-7H,1H2;2H2,1H3;1H. The van der Waals surface area contributed by atoms with Crippen LogP contribution in [-0.4, -0.2) is 7.05 Å². The van der Waals surface area contributed by atoms with E-state index in [9.17, 15) is 0 Å². The van der Waals surface area contributed by atoms with Crippen molar-refractivity contribution in [3.8, 4) is 0 Å². The van der Waals surface area contributed by atoms with E-state index in [4.69, 9.17) is 0 Å². The molecule has 0 atom stereocenters. The highest BCUT2D eigenvalue weighted by atomic mass is 35.5. The number of rotatable bonds is 1. The third-order valence-electron chi connectivity index (χ3n) is 1.04. The van der Waals surface area contributed by atoms with Crippen molar-refractivity contribution in [2.75, 3.05) is 7.05 Å². The van der Waals surface area contributed by atoms with Crippen LogP contribution in [0.25, 0.3) is 6.08 Å². The van der Waals surface area contributed by atoms with Crippen LogP contribution in [0.3, 0.4) is 0 Å². The van der Waals surface area contributed by atoms with Gasteiger partial charge in [0.25, 0.3) is 0 Å². The molecule has 62 valence electrons. The second-order valence-electron chi connectivity index (χ2n) is 1.61. The number of hydrogen-bond donors (Lipinski definition) is 1. The summed E-state index contributed by atoms with van der Waals surface area (Å²) in [7, 11) is 1.75. The molecule has 0 aliphatic heterocycles. The molecule has 11 heavy (non-hydrogen) atoms. The zero-order valence-corrected chi connectivity index (χ0v) is 7.51. The molecule has 0 heterocycles. The van der Waals surface area contributed by atoms with Gasteiger partial charge in [-0.25, -0.2) is 0 Å². The molecule has 0 aliphatic carbocycles. The van der Waals surface area contributed by atoms with Gasteiger partial charge in [-0.1, -0.05) is 43.0 Å². The molecule has 0 aromatic heterocycles. The van der Waals surface area contributed by atoms with E-state index in [1.807, 2.05) is 36.4 Å². The van der Waals surface area contributed by atoms with Crippen LogP contribution in [0, 0.1) is 0 Å². The molecule has 2 heteroatoms. The third kappa shape index (κ3) is 5.64. The predicted molar refractivity (Wildman–Crippen MR) is 45.3 cm³/mol. The molecule has 0 unspecified atom stereocenters.